The average molecular weight is 305 g/mol. The minimum Gasteiger partial charge on any atom is -0.508 e. The Morgan fingerprint density at radius 3 is 2.29 bits per heavy atom. The zero-order valence-corrected chi connectivity index (χ0v) is 11.9. The first-order chi connectivity index (χ1) is 9.95. The molecule has 2 aromatic carbocycles. The number of aromatic hydroxyl groups is 1. The Labute approximate surface area is 126 Å². The summed E-state index contributed by atoms with van der Waals surface area (Å²) < 4.78 is 0. The molecule has 3 N–H and O–H groups in total. The van der Waals surface area contributed by atoms with Gasteiger partial charge in [0.1, 0.15) is 5.75 Å². The summed E-state index contributed by atoms with van der Waals surface area (Å²) in [6, 6.07) is 10.8. The van der Waals surface area contributed by atoms with E-state index in [1.54, 1.807) is 25.1 Å². The monoisotopic (exact) mass is 304 g/mol. The van der Waals surface area contributed by atoms with Crippen molar-refractivity contribution in [1.29, 1.82) is 0 Å². The summed E-state index contributed by atoms with van der Waals surface area (Å²) in [6.45, 7) is 1.80. The number of carbonyl (C=O) groups excluding carboxylic acids is 2. The van der Waals surface area contributed by atoms with Crippen molar-refractivity contribution >= 4 is 34.8 Å². The molecule has 0 aliphatic rings. The molecule has 0 aromatic heterocycles. The highest BCUT2D eigenvalue weighted by Gasteiger charge is 2.15. The number of carbonyl (C=O) groups is 2. The number of hydrogen-bond donors (Lipinski definition) is 3. The van der Waals surface area contributed by atoms with Crippen molar-refractivity contribution in [3.63, 3.8) is 0 Å². The van der Waals surface area contributed by atoms with Crippen molar-refractivity contribution in [1.82, 2.24) is 0 Å². The third-order valence-electron chi connectivity index (χ3n) is 2.78. The van der Waals surface area contributed by atoms with E-state index in [2.05, 4.69) is 10.6 Å². The Balaban J connectivity index is 2.04. The number of aryl methyl sites for hydroxylation is 1. The van der Waals surface area contributed by atoms with Crippen molar-refractivity contribution in [2.24, 2.45) is 0 Å². The van der Waals surface area contributed by atoms with Gasteiger partial charge in [0, 0.05) is 16.4 Å². The Kier molecular flexibility index (Phi) is 4.45. The SMILES string of the molecule is Cc1ccc(Cl)cc1NC(=O)C(=O)Nc1ccc(O)cc1. The molecular weight excluding hydrogens is 292 g/mol. The van der Waals surface area contributed by atoms with Crippen LogP contribution >= 0.6 is 11.6 Å². The molecule has 0 atom stereocenters. The maximum atomic E-state index is 11.8. The lowest BCUT2D eigenvalue weighted by atomic mass is 10.2. The number of phenols is 1. The summed E-state index contributed by atoms with van der Waals surface area (Å²) in [4.78, 5) is 23.6. The van der Waals surface area contributed by atoms with E-state index in [4.69, 9.17) is 16.7 Å². The Morgan fingerprint density at radius 2 is 1.62 bits per heavy atom. The second-order valence-electron chi connectivity index (χ2n) is 4.41. The average Bonchev–Trinajstić information content (AvgIpc) is 2.45. The summed E-state index contributed by atoms with van der Waals surface area (Å²) >= 11 is 5.85. The van der Waals surface area contributed by atoms with E-state index in [0.29, 0.717) is 16.4 Å². The van der Waals surface area contributed by atoms with Gasteiger partial charge in [-0.05, 0) is 48.9 Å². The van der Waals surface area contributed by atoms with Crippen molar-refractivity contribution in [2.75, 3.05) is 10.6 Å². The fourth-order valence-electron chi connectivity index (χ4n) is 1.64. The number of amides is 2. The van der Waals surface area contributed by atoms with Crippen LogP contribution in [0.3, 0.4) is 0 Å². The van der Waals surface area contributed by atoms with Gasteiger partial charge >= 0.3 is 11.8 Å². The number of anilines is 2. The third kappa shape index (κ3) is 3.97. The molecule has 0 saturated carbocycles. The van der Waals surface area contributed by atoms with Crippen molar-refractivity contribution in [3.05, 3.63) is 53.1 Å². The molecule has 0 radical (unpaired) electrons. The standard InChI is InChI=1S/C15H13ClN2O3/c1-9-2-3-10(16)8-13(9)18-15(21)14(20)17-11-4-6-12(19)7-5-11/h2-8,19H,1H3,(H,17,20)(H,18,21). The van der Waals surface area contributed by atoms with Gasteiger partial charge in [-0.1, -0.05) is 17.7 Å². The molecule has 0 aliphatic carbocycles. The van der Waals surface area contributed by atoms with E-state index in [1.807, 2.05) is 0 Å². The smallest absolute Gasteiger partial charge is 0.314 e. The molecule has 0 spiro atoms. The summed E-state index contributed by atoms with van der Waals surface area (Å²) in [5.74, 6) is -1.53. The minimum atomic E-state index is -0.805. The number of benzene rings is 2. The van der Waals surface area contributed by atoms with Crippen LogP contribution in [0.2, 0.25) is 5.02 Å². The number of halogens is 1. The zero-order valence-electron chi connectivity index (χ0n) is 11.2. The summed E-state index contributed by atoms with van der Waals surface area (Å²) in [5, 5.41) is 14.5. The summed E-state index contributed by atoms with van der Waals surface area (Å²) in [6.07, 6.45) is 0. The first-order valence-corrected chi connectivity index (χ1v) is 6.51. The van der Waals surface area contributed by atoms with E-state index in [9.17, 15) is 9.59 Å². The van der Waals surface area contributed by atoms with Gasteiger partial charge in [-0.3, -0.25) is 9.59 Å². The van der Waals surface area contributed by atoms with Crippen LogP contribution in [0.15, 0.2) is 42.5 Å². The Morgan fingerprint density at radius 1 is 1.00 bits per heavy atom. The Hall–Kier alpha value is -2.53. The van der Waals surface area contributed by atoms with Crippen LogP contribution in [-0.4, -0.2) is 16.9 Å². The molecule has 2 aromatic rings. The molecule has 108 valence electrons. The second-order valence-corrected chi connectivity index (χ2v) is 4.85. The summed E-state index contributed by atoms with van der Waals surface area (Å²) in [7, 11) is 0. The quantitative estimate of drug-likeness (QED) is 0.589. The van der Waals surface area contributed by atoms with Gasteiger partial charge in [-0.15, -0.1) is 0 Å². The van der Waals surface area contributed by atoms with Gasteiger partial charge in [0.25, 0.3) is 0 Å². The largest absolute Gasteiger partial charge is 0.508 e. The van der Waals surface area contributed by atoms with E-state index < -0.39 is 11.8 Å². The lowest BCUT2D eigenvalue weighted by molar-refractivity contribution is -0.133. The molecule has 2 amide bonds. The van der Waals surface area contributed by atoms with Crippen molar-refractivity contribution in [3.8, 4) is 5.75 Å². The van der Waals surface area contributed by atoms with Gasteiger partial charge in [-0.2, -0.15) is 0 Å². The van der Waals surface area contributed by atoms with E-state index in [-0.39, 0.29) is 5.75 Å². The molecule has 0 saturated heterocycles. The molecule has 0 aliphatic heterocycles. The van der Waals surface area contributed by atoms with Gasteiger partial charge in [0.2, 0.25) is 0 Å². The van der Waals surface area contributed by atoms with Gasteiger partial charge in [-0.25, -0.2) is 0 Å². The van der Waals surface area contributed by atoms with Crippen LogP contribution in [-0.2, 0) is 9.59 Å². The van der Waals surface area contributed by atoms with Crippen molar-refractivity contribution < 1.29 is 14.7 Å². The van der Waals surface area contributed by atoms with Crippen LogP contribution in [0.1, 0.15) is 5.56 Å². The predicted molar refractivity (Wildman–Crippen MR) is 81.6 cm³/mol. The summed E-state index contributed by atoms with van der Waals surface area (Å²) in [5.41, 5.74) is 1.69. The first-order valence-electron chi connectivity index (χ1n) is 6.13. The molecule has 21 heavy (non-hydrogen) atoms. The predicted octanol–water partition coefficient (Wildman–Crippen LogP) is 2.93. The maximum absolute atomic E-state index is 11.8. The molecule has 0 heterocycles. The van der Waals surface area contributed by atoms with Crippen LogP contribution in [0.5, 0.6) is 5.75 Å². The molecule has 2 rings (SSSR count). The number of rotatable bonds is 2. The first kappa shape index (κ1) is 14.9. The van der Waals surface area contributed by atoms with Crippen molar-refractivity contribution in [2.45, 2.75) is 6.92 Å². The zero-order chi connectivity index (χ0) is 15.4. The molecular formula is C15H13ClN2O3. The third-order valence-corrected chi connectivity index (χ3v) is 3.01. The van der Waals surface area contributed by atoms with E-state index >= 15 is 0 Å². The minimum absolute atomic E-state index is 0.0759. The fourth-order valence-corrected chi connectivity index (χ4v) is 1.81. The lowest BCUT2D eigenvalue weighted by Gasteiger charge is -2.09. The molecule has 0 bridgehead atoms. The van der Waals surface area contributed by atoms with Gasteiger partial charge in [0.15, 0.2) is 0 Å². The van der Waals surface area contributed by atoms with Crippen LogP contribution in [0, 0.1) is 6.92 Å². The number of nitrogens with one attached hydrogen (secondary N) is 2. The topological polar surface area (TPSA) is 78.4 Å². The molecule has 0 fully saturated rings. The maximum Gasteiger partial charge on any atom is 0.314 e. The van der Waals surface area contributed by atoms with Crippen LogP contribution in [0.25, 0.3) is 0 Å². The highest BCUT2D eigenvalue weighted by Crippen LogP contribution is 2.20. The molecule has 0 unspecified atom stereocenters. The van der Waals surface area contributed by atoms with Gasteiger partial charge < -0.3 is 15.7 Å². The molecule has 6 heteroatoms. The van der Waals surface area contributed by atoms with Crippen LogP contribution in [0.4, 0.5) is 11.4 Å². The highest BCUT2D eigenvalue weighted by molar-refractivity contribution is 6.43. The second kappa shape index (κ2) is 6.28. The van der Waals surface area contributed by atoms with E-state index in [1.165, 1.54) is 24.3 Å². The number of phenolic OH excluding ortho intramolecular Hbond substituents is 1. The Bertz CT molecular complexity index is 684. The van der Waals surface area contributed by atoms with Gasteiger partial charge in [0.05, 0.1) is 0 Å². The van der Waals surface area contributed by atoms with E-state index in [0.717, 1.165) is 5.56 Å². The normalized spacial score (nSPS) is 10.0. The molecule has 5 nitrogen and oxygen atoms in total. The van der Waals surface area contributed by atoms with Crippen LogP contribution < -0.4 is 10.6 Å². The highest BCUT2D eigenvalue weighted by atomic mass is 35.5. The number of hydrogen-bond acceptors (Lipinski definition) is 3. The fraction of sp³-hybridized carbons (Fsp3) is 0.0667. The lowest BCUT2D eigenvalue weighted by Crippen LogP contribution is -2.29.